The molecule has 0 aliphatic heterocycles. The summed E-state index contributed by atoms with van der Waals surface area (Å²) in [5, 5.41) is 19.6. The predicted molar refractivity (Wildman–Crippen MR) is 67.0 cm³/mol. The van der Waals surface area contributed by atoms with E-state index < -0.39 is 5.97 Å². The molecule has 100 valence electrons. The Bertz CT molecular complexity index is 595. The van der Waals surface area contributed by atoms with Crippen molar-refractivity contribution in [3.8, 4) is 0 Å². The van der Waals surface area contributed by atoms with Crippen LogP contribution in [-0.4, -0.2) is 42.4 Å². The molecule has 2 heterocycles. The summed E-state index contributed by atoms with van der Waals surface area (Å²) in [6, 6.07) is 0. The van der Waals surface area contributed by atoms with Gasteiger partial charge in [-0.15, -0.1) is 5.10 Å². The van der Waals surface area contributed by atoms with E-state index in [9.17, 15) is 4.79 Å². The normalized spacial score (nSPS) is 10.4. The maximum absolute atomic E-state index is 10.7. The quantitative estimate of drug-likeness (QED) is 0.807. The molecular formula is C11H14N6O2. The van der Waals surface area contributed by atoms with Crippen molar-refractivity contribution in [1.82, 2.24) is 24.7 Å². The number of nitrogens with zero attached hydrogens (tertiary/aromatic N) is 5. The molecule has 2 N–H and O–H groups in total. The average molecular weight is 262 g/mol. The molecule has 0 aliphatic rings. The second-order valence-electron chi connectivity index (χ2n) is 4.03. The molecule has 0 fully saturated rings. The van der Waals surface area contributed by atoms with Crippen molar-refractivity contribution in [3.05, 3.63) is 29.6 Å². The van der Waals surface area contributed by atoms with E-state index in [0.717, 1.165) is 11.4 Å². The average Bonchev–Trinajstić information content (AvgIpc) is 2.83. The lowest BCUT2D eigenvalue weighted by molar-refractivity contribution is 0.0691. The molecule has 0 atom stereocenters. The number of hydrogen-bond donors (Lipinski definition) is 2. The van der Waals surface area contributed by atoms with Crippen molar-refractivity contribution < 1.29 is 9.90 Å². The number of aromatic nitrogens is 5. The summed E-state index contributed by atoms with van der Waals surface area (Å²) in [6.07, 6.45) is 2.95. The number of carbonyl (C=O) groups is 1. The lowest BCUT2D eigenvalue weighted by Crippen LogP contribution is -2.13. The van der Waals surface area contributed by atoms with Gasteiger partial charge in [-0.25, -0.2) is 14.8 Å². The standard InChI is InChI=1S/C11H14N6O2/c1-7-8(2)15-16-11(14-7)12-3-4-17-5-9(10(18)19)13-6-17/h5-6H,3-4H2,1-2H3,(H,18,19)(H,12,14,16). The monoisotopic (exact) mass is 262 g/mol. The molecule has 8 heteroatoms. The maximum atomic E-state index is 10.7. The van der Waals surface area contributed by atoms with Gasteiger partial charge in [0.25, 0.3) is 0 Å². The molecule has 0 radical (unpaired) electrons. The Kier molecular flexibility index (Phi) is 3.69. The number of hydrogen-bond acceptors (Lipinski definition) is 6. The number of nitrogens with one attached hydrogen (secondary N) is 1. The van der Waals surface area contributed by atoms with Gasteiger partial charge in [0.15, 0.2) is 5.69 Å². The van der Waals surface area contributed by atoms with Gasteiger partial charge >= 0.3 is 5.97 Å². The summed E-state index contributed by atoms with van der Waals surface area (Å²) in [4.78, 5) is 18.7. The van der Waals surface area contributed by atoms with Gasteiger partial charge in [-0.3, -0.25) is 0 Å². The van der Waals surface area contributed by atoms with Crippen LogP contribution in [0.2, 0.25) is 0 Å². The van der Waals surface area contributed by atoms with Gasteiger partial charge in [0.1, 0.15) is 0 Å². The van der Waals surface area contributed by atoms with Gasteiger partial charge in [0, 0.05) is 19.3 Å². The van der Waals surface area contributed by atoms with Crippen molar-refractivity contribution in [2.75, 3.05) is 11.9 Å². The molecule has 0 saturated carbocycles. The van der Waals surface area contributed by atoms with Crippen LogP contribution in [0.3, 0.4) is 0 Å². The van der Waals surface area contributed by atoms with Crippen molar-refractivity contribution in [1.29, 1.82) is 0 Å². The molecule has 2 rings (SSSR count). The zero-order chi connectivity index (χ0) is 13.8. The second-order valence-corrected chi connectivity index (χ2v) is 4.03. The molecule has 0 amide bonds. The van der Waals surface area contributed by atoms with Gasteiger partial charge in [-0.2, -0.15) is 5.10 Å². The zero-order valence-corrected chi connectivity index (χ0v) is 10.7. The van der Waals surface area contributed by atoms with Crippen molar-refractivity contribution in [2.45, 2.75) is 20.4 Å². The largest absolute Gasteiger partial charge is 0.476 e. The minimum absolute atomic E-state index is 0.0316. The fourth-order valence-electron chi connectivity index (χ4n) is 1.42. The summed E-state index contributed by atoms with van der Waals surface area (Å²) in [5.74, 6) is -0.574. The maximum Gasteiger partial charge on any atom is 0.356 e. The SMILES string of the molecule is Cc1nnc(NCCn2cnc(C(=O)O)c2)nc1C. The third-order valence-electron chi connectivity index (χ3n) is 2.60. The Morgan fingerprint density at radius 2 is 2.16 bits per heavy atom. The van der Waals surface area contributed by atoms with E-state index in [2.05, 4.69) is 25.5 Å². The first-order chi connectivity index (χ1) is 9.06. The number of imidazole rings is 1. The van der Waals surface area contributed by atoms with Crippen LogP contribution in [-0.2, 0) is 6.54 Å². The lowest BCUT2D eigenvalue weighted by atomic mass is 10.4. The lowest BCUT2D eigenvalue weighted by Gasteiger charge is -2.05. The van der Waals surface area contributed by atoms with Crippen LogP contribution < -0.4 is 5.32 Å². The Morgan fingerprint density at radius 3 is 2.79 bits per heavy atom. The van der Waals surface area contributed by atoms with E-state index in [-0.39, 0.29) is 5.69 Å². The van der Waals surface area contributed by atoms with Gasteiger partial charge < -0.3 is 15.0 Å². The van der Waals surface area contributed by atoms with Crippen LogP contribution in [0.5, 0.6) is 0 Å². The zero-order valence-electron chi connectivity index (χ0n) is 10.7. The smallest absolute Gasteiger partial charge is 0.356 e. The summed E-state index contributed by atoms with van der Waals surface area (Å²) >= 11 is 0. The first-order valence-electron chi connectivity index (χ1n) is 5.73. The molecule has 0 aromatic carbocycles. The summed E-state index contributed by atoms with van der Waals surface area (Å²) in [5.41, 5.74) is 1.66. The Hall–Kier alpha value is -2.51. The van der Waals surface area contributed by atoms with Crippen molar-refractivity contribution in [3.63, 3.8) is 0 Å². The van der Waals surface area contributed by atoms with Gasteiger partial charge in [0.2, 0.25) is 5.95 Å². The number of carboxylic acids is 1. The first kappa shape index (κ1) is 12.9. The molecule has 0 unspecified atom stereocenters. The number of aromatic carboxylic acids is 1. The van der Waals surface area contributed by atoms with Crippen molar-refractivity contribution in [2.24, 2.45) is 0 Å². The molecule has 0 bridgehead atoms. The molecule has 0 saturated heterocycles. The number of carboxylic acid groups (broad SMARTS) is 1. The third kappa shape index (κ3) is 3.24. The molecule has 2 aromatic heterocycles. The van der Waals surface area contributed by atoms with Crippen LogP contribution in [0.15, 0.2) is 12.5 Å². The van der Waals surface area contributed by atoms with Crippen molar-refractivity contribution >= 4 is 11.9 Å². The number of rotatable bonds is 5. The Balaban J connectivity index is 1.88. The highest BCUT2D eigenvalue weighted by Crippen LogP contribution is 2.02. The third-order valence-corrected chi connectivity index (χ3v) is 2.60. The summed E-state index contributed by atoms with van der Waals surface area (Å²) < 4.78 is 1.69. The number of aryl methyl sites for hydroxylation is 2. The van der Waals surface area contributed by atoms with Crippen LogP contribution in [0.4, 0.5) is 5.95 Å². The van der Waals surface area contributed by atoms with E-state index in [1.54, 1.807) is 4.57 Å². The highest BCUT2D eigenvalue weighted by Gasteiger charge is 2.06. The first-order valence-corrected chi connectivity index (χ1v) is 5.73. The summed E-state index contributed by atoms with van der Waals surface area (Å²) in [7, 11) is 0. The highest BCUT2D eigenvalue weighted by molar-refractivity contribution is 5.84. The molecule has 0 aliphatic carbocycles. The van der Waals surface area contributed by atoms with Gasteiger partial charge in [-0.05, 0) is 13.8 Å². The Labute approximate surface area is 109 Å². The fourth-order valence-corrected chi connectivity index (χ4v) is 1.42. The topological polar surface area (TPSA) is 106 Å². The highest BCUT2D eigenvalue weighted by atomic mass is 16.4. The van der Waals surface area contributed by atoms with Crippen LogP contribution >= 0.6 is 0 Å². The van der Waals surface area contributed by atoms with E-state index >= 15 is 0 Å². The van der Waals surface area contributed by atoms with Gasteiger partial charge in [0.05, 0.1) is 17.7 Å². The minimum Gasteiger partial charge on any atom is -0.476 e. The van der Waals surface area contributed by atoms with E-state index in [1.807, 2.05) is 13.8 Å². The number of anilines is 1. The van der Waals surface area contributed by atoms with Crippen LogP contribution in [0.25, 0.3) is 0 Å². The molecular weight excluding hydrogens is 248 g/mol. The molecule has 8 nitrogen and oxygen atoms in total. The minimum atomic E-state index is -1.03. The van der Waals surface area contributed by atoms with Crippen LogP contribution in [0, 0.1) is 13.8 Å². The molecule has 19 heavy (non-hydrogen) atoms. The molecule has 0 spiro atoms. The van der Waals surface area contributed by atoms with Crippen LogP contribution in [0.1, 0.15) is 21.9 Å². The summed E-state index contributed by atoms with van der Waals surface area (Å²) in [6.45, 7) is 4.83. The van der Waals surface area contributed by atoms with E-state index in [1.165, 1.54) is 12.5 Å². The van der Waals surface area contributed by atoms with E-state index in [4.69, 9.17) is 5.11 Å². The Morgan fingerprint density at radius 1 is 1.37 bits per heavy atom. The van der Waals surface area contributed by atoms with E-state index in [0.29, 0.717) is 19.0 Å². The second kappa shape index (κ2) is 5.42. The van der Waals surface area contributed by atoms with Gasteiger partial charge in [-0.1, -0.05) is 0 Å². The fraction of sp³-hybridized carbons (Fsp3) is 0.364. The molecule has 2 aromatic rings. The predicted octanol–water partition coefficient (Wildman–Crippen LogP) is 0.495.